The van der Waals surface area contributed by atoms with Crippen molar-refractivity contribution in [3.05, 3.63) is 63.2 Å². The summed E-state index contributed by atoms with van der Waals surface area (Å²) in [5.41, 5.74) is 0.705. The second kappa shape index (κ2) is 8.91. The third kappa shape index (κ3) is 4.65. The highest BCUT2D eigenvalue weighted by Crippen LogP contribution is 2.30. The molecule has 0 radical (unpaired) electrons. The average Bonchev–Trinajstić information content (AvgIpc) is 2.73. The molecule has 0 aromatic heterocycles. The highest BCUT2D eigenvalue weighted by molar-refractivity contribution is 6.33. The topological polar surface area (TPSA) is 102 Å². The summed E-state index contributed by atoms with van der Waals surface area (Å²) in [5, 5.41) is 14.1. The molecule has 1 aliphatic rings. The van der Waals surface area contributed by atoms with E-state index < -0.39 is 4.92 Å². The monoisotopic (exact) mass is 417 g/mol. The Hall–Kier alpha value is -3.13. The maximum absolute atomic E-state index is 12.6. The van der Waals surface area contributed by atoms with Crippen LogP contribution in [-0.2, 0) is 4.79 Å². The van der Waals surface area contributed by atoms with E-state index in [2.05, 4.69) is 5.32 Å². The van der Waals surface area contributed by atoms with Gasteiger partial charge in [-0.3, -0.25) is 19.7 Å². The van der Waals surface area contributed by atoms with E-state index >= 15 is 0 Å². The van der Waals surface area contributed by atoms with Gasteiger partial charge in [-0.05, 0) is 31.0 Å². The molecule has 1 aliphatic heterocycles. The first-order valence-electron chi connectivity index (χ1n) is 9.07. The van der Waals surface area contributed by atoms with Gasteiger partial charge in [-0.15, -0.1) is 0 Å². The van der Waals surface area contributed by atoms with Crippen molar-refractivity contribution < 1.29 is 19.2 Å². The number of amides is 2. The lowest BCUT2D eigenvalue weighted by molar-refractivity contribution is -0.384. The summed E-state index contributed by atoms with van der Waals surface area (Å²) in [7, 11) is 1.38. The fraction of sp³-hybridized carbons (Fsp3) is 0.300. The van der Waals surface area contributed by atoms with E-state index in [0.717, 1.165) is 0 Å². The largest absolute Gasteiger partial charge is 0.494 e. The van der Waals surface area contributed by atoms with Crippen LogP contribution in [0, 0.1) is 16.0 Å². The van der Waals surface area contributed by atoms with E-state index in [1.54, 1.807) is 29.2 Å². The lowest BCUT2D eigenvalue weighted by atomic mass is 9.95. The maximum Gasteiger partial charge on any atom is 0.273 e. The van der Waals surface area contributed by atoms with Gasteiger partial charge in [0.05, 0.1) is 34.4 Å². The van der Waals surface area contributed by atoms with Gasteiger partial charge in [-0.2, -0.15) is 0 Å². The molecule has 1 heterocycles. The molecule has 0 aliphatic carbocycles. The van der Waals surface area contributed by atoms with Crippen molar-refractivity contribution in [2.45, 2.75) is 12.8 Å². The third-order valence-corrected chi connectivity index (χ3v) is 5.24. The Morgan fingerprint density at radius 3 is 2.52 bits per heavy atom. The van der Waals surface area contributed by atoms with Gasteiger partial charge in [0.15, 0.2) is 0 Å². The SMILES string of the molecule is COc1cc([N+](=O)[O-])ccc1NC(=O)C1CCN(C(=O)c2ccccc2Cl)CC1. The Kier molecular flexibility index (Phi) is 6.33. The van der Waals surface area contributed by atoms with Crippen LogP contribution in [0.3, 0.4) is 0 Å². The molecule has 2 amide bonds. The summed E-state index contributed by atoms with van der Waals surface area (Å²) in [6.45, 7) is 0.888. The number of carbonyl (C=O) groups is 2. The number of hydrogen-bond donors (Lipinski definition) is 1. The van der Waals surface area contributed by atoms with Crippen LogP contribution in [0.1, 0.15) is 23.2 Å². The maximum atomic E-state index is 12.6. The van der Waals surface area contributed by atoms with Crippen LogP contribution < -0.4 is 10.1 Å². The van der Waals surface area contributed by atoms with Gasteiger partial charge in [0.2, 0.25) is 5.91 Å². The Labute approximate surface area is 172 Å². The van der Waals surface area contributed by atoms with Crippen LogP contribution in [0.2, 0.25) is 5.02 Å². The number of nitro groups is 1. The van der Waals surface area contributed by atoms with E-state index in [-0.39, 0.29) is 29.2 Å². The van der Waals surface area contributed by atoms with E-state index in [1.165, 1.54) is 25.3 Å². The first kappa shape index (κ1) is 20.6. The number of halogens is 1. The van der Waals surface area contributed by atoms with Crippen molar-refractivity contribution in [2.75, 3.05) is 25.5 Å². The minimum atomic E-state index is -0.528. The quantitative estimate of drug-likeness (QED) is 0.589. The molecular weight excluding hydrogens is 398 g/mol. The fourth-order valence-electron chi connectivity index (χ4n) is 3.28. The van der Waals surface area contributed by atoms with Gasteiger partial charge in [0.1, 0.15) is 5.75 Å². The molecule has 0 unspecified atom stereocenters. The number of anilines is 1. The Balaban J connectivity index is 1.61. The average molecular weight is 418 g/mol. The van der Waals surface area contributed by atoms with E-state index in [0.29, 0.717) is 42.2 Å². The van der Waals surface area contributed by atoms with Crippen molar-refractivity contribution in [2.24, 2.45) is 5.92 Å². The number of benzene rings is 2. The molecule has 1 fully saturated rings. The number of non-ortho nitro benzene ring substituents is 1. The smallest absolute Gasteiger partial charge is 0.273 e. The summed E-state index contributed by atoms with van der Waals surface area (Å²) in [5.74, 6) is -0.405. The molecule has 2 aromatic rings. The summed E-state index contributed by atoms with van der Waals surface area (Å²) in [6, 6.07) is 10.9. The van der Waals surface area contributed by atoms with Crippen molar-refractivity contribution in [1.29, 1.82) is 0 Å². The highest BCUT2D eigenvalue weighted by atomic mass is 35.5. The van der Waals surface area contributed by atoms with E-state index in [4.69, 9.17) is 16.3 Å². The first-order valence-corrected chi connectivity index (χ1v) is 9.45. The van der Waals surface area contributed by atoms with E-state index in [9.17, 15) is 19.7 Å². The third-order valence-electron chi connectivity index (χ3n) is 4.91. The molecule has 29 heavy (non-hydrogen) atoms. The zero-order chi connectivity index (χ0) is 21.0. The molecule has 0 spiro atoms. The zero-order valence-electron chi connectivity index (χ0n) is 15.8. The Morgan fingerprint density at radius 2 is 1.90 bits per heavy atom. The molecule has 0 bridgehead atoms. The molecular formula is C20H20ClN3O5. The number of nitro benzene ring substituents is 1. The van der Waals surface area contributed by atoms with Gasteiger partial charge in [-0.25, -0.2) is 0 Å². The van der Waals surface area contributed by atoms with Gasteiger partial charge in [-0.1, -0.05) is 23.7 Å². The summed E-state index contributed by atoms with van der Waals surface area (Å²) < 4.78 is 5.15. The summed E-state index contributed by atoms with van der Waals surface area (Å²) >= 11 is 6.10. The van der Waals surface area contributed by atoms with Crippen LogP contribution in [-0.4, -0.2) is 41.8 Å². The lowest BCUT2D eigenvalue weighted by Crippen LogP contribution is -2.41. The van der Waals surface area contributed by atoms with Crippen LogP contribution >= 0.6 is 11.6 Å². The predicted molar refractivity (Wildman–Crippen MR) is 108 cm³/mol. The van der Waals surface area contributed by atoms with Gasteiger partial charge < -0.3 is 15.0 Å². The number of hydrogen-bond acceptors (Lipinski definition) is 5. The first-order chi connectivity index (χ1) is 13.9. The molecule has 8 nitrogen and oxygen atoms in total. The van der Waals surface area contributed by atoms with Crippen molar-refractivity contribution in [3.63, 3.8) is 0 Å². The summed E-state index contributed by atoms with van der Waals surface area (Å²) in [4.78, 5) is 37.3. The lowest BCUT2D eigenvalue weighted by Gasteiger charge is -2.31. The second-order valence-corrected chi connectivity index (χ2v) is 7.08. The van der Waals surface area contributed by atoms with Gasteiger partial charge in [0, 0.05) is 25.1 Å². The number of rotatable bonds is 5. The molecule has 1 N–H and O–H groups in total. The number of methoxy groups -OCH3 is 1. The van der Waals surface area contributed by atoms with Crippen LogP contribution in [0.15, 0.2) is 42.5 Å². The normalized spacial score (nSPS) is 14.3. The second-order valence-electron chi connectivity index (χ2n) is 6.68. The van der Waals surface area contributed by atoms with Gasteiger partial charge in [0.25, 0.3) is 11.6 Å². The van der Waals surface area contributed by atoms with Crippen LogP contribution in [0.5, 0.6) is 5.75 Å². The van der Waals surface area contributed by atoms with Gasteiger partial charge >= 0.3 is 0 Å². The number of nitrogens with zero attached hydrogens (tertiary/aromatic N) is 2. The highest BCUT2D eigenvalue weighted by Gasteiger charge is 2.29. The molecule has 2 aromatic carbocycles. The molecule has 1 saturated heterocycles. The fourth-order valence-corrected chi connectivity index (χ4v) is 3.50. The molecule has 9 heteroatoms. The molecule has 0 saturated carbocycles. The molecule has 152 valence electrons. The zero-order valence-corrected chi connectivity index (χ0v) is 16.5. The molecule has 3 rings (SSSR count). The molecule has 0 atom stereocenters. The standard InChI is InChI=1S/C20H20ClN3O5/c1-29-18-12-14(24(27)28)6-7-17(18)22-19(25)13-8-10-23(11-9-13)20(26)15-4-2-3-5-16(15)21/h2-7,12-13H,8-11H2,1H3,(H,22,25). The van der Waals surface area contributed by atoms with E-state index in [1.807, 2.05) is 0 Å². The van der Waals surface area contributed by atoms with Crippen molar-refractivity contribution >= 4 is 34.8 Å². The Bertz CT molecular complexity index is 941. The predicted octanol–water partition coefficient (Wildman–Crippen LogP) is 3.75. The van der Waals surface area contributed by atoms with Crippen molar-refractivity contribution in [3.8, 4) is 5.75 Å². The summed E-state index contributed by atoms with van der Waals surface area (Å²) in [6.07, 6.45) is 1.02. The number of likely N-dealkylation sites (tertiary alicyclic amines) is 1. The van der Waals surface area contributed by atoms with Crippen molar-refractivity contribution in [1.82, 2.24) is 4.90 Å². The number of nitrogens with one attached hydrogen (secondary N) is 1. The van der Waals surface area contributed by atoms with Crippen LogP contribution in [0.25, 0.3) is 0 Å². The number of ether oxygens (including phenoxy) is 1. The minimum absolute atomic E-state index is 0.119. The number of carbonyl (C=O) groups excluding carboxylic acids is 2. The number of piperidine rings is 1. The Morgan fingerprint density at radius 1 is 1.21 bits per heavy atom. The minimum Gasteiger partial charge on any atom is -0.494 e. The van der Waals surface area contributed by atoms with Crippen LogP contribution in [0.4, 0.5) is 11.4 Å².